The summed E-state index contributed by atoms with van der Waals surface area (Å²) in [6.45, 7) is 3.95. The molecular weight excluding hydrogens is 542 g/mol. The van der Waals surface area contributed by atoms with Crippen LogP contribution >= 0.6 is 0 Å². The number of nitrogens with one attached hydrogen (secondary N) is 1. The molecule has 2 saturated heterocycles. The molecule has 6 rings (SSSR count). The van der Waals surface area contributed by atoms with E-state index in [1.165, 1.54) is 12.1 Å². The molecule has 0 aliphatic carbocycles. The molecule has 3 aliphatic rings. The van der Waals surface area contributed by atoms with Gasteiger partial charge in [-0.2, -0.15) is 8.42 Å². The van der Waals surface area contributed by atoms with Crippen molar-refractivity contribution >= 4 is 27.6 Å². The smallest absolute Gasteiger partial charge is 0.296 e. The molecule has 0 aromatic heterocycles. The van der Waals surface area contributed by atoms with Gasteiger partial charge in [0, 0.05) is 19.2 Å². The normalized spacial score (nSPS) is 25.0. The van der Waals surface area contributed by atoms with E-state index in [0.29, 0.717) is 18.6 Å². The summed E-state index contributed by atoms with van der Waals surface area (Å²) in [5.74, 6) is 0.533. The lowest BCUT2D eigenvalue weighted by molar-refractivity contribution is -0.158. The van der Waals surface area contributed by atoms with Crippen molar-refractivity contribution in [1.82, 2.24) is 9.80 Å². The maximum absolute atomic E-state index is 13.4. The van der Waals surface area contributed by atoms with Crippen molar-refractivity contribution in [2.45, 2.75) is 55.2 Å². The van der Waals surface area contributed by atoms with Gasteiger partial charge in [-0.25, -0.2) is 0 Å². The number of hydrogen-bond donors (Lipinski definition) is 1. The first-order valence-electron chi connectivity index (χ1n) is 13.8. The Kier molecular flexibility index (Phi) is 6.78. The molecule has 0 bridgehead atoms. The number of hydrogen-bond acceptors (Lipinski definition) is 7. The number of carbonyl (C=O) groups excluding carboxylic acids is 2. The first-order chi connectivity index (χ1) is 19.6. The summed E-state index contributed by atoms with van der Waals surface area (Å²) in [5, 5.41) is 3.55. The number of rotatable bonds is 8. The molecular formula is C31H33N3O6S. The summed E-state index contributed by atoms with van der Waals surface area (Å²) in [6, 6.07) is 21.2. The molecule has 3 aliphatic heterocycles. The Morgan fingerprint density at radius 2 is 1.66 bits per heavy atom. The molecule has 0 radical (unpaired) electrons. The van der Waals surface area contributed by atoms with Gasteiger partial charge in [0.05, 0.1) is 23.5 Å². The van der Waals surface area contributed by atoms with Gasteiger partial charge in [0.2, 0.25) is 11.8 Å². The molecule has 10 heteroatoms. The highest BCUT2D eigenvalue weighted by Crippen LogP contribution is 2.55. The van der Waals surface area contributed by atoms with Crippen LogP contribution in [0.3, 0.4) is 0 Å². The number of piperazine rings is 1. The molecule has 3 heterocycles. The summed E-state index contributed by atoms with van der Waals surface area (Å²) in [4.78, 5) is 30.2. The van der Waals surface area contributed by atoms with E-state index in [0.717, 1.165) is 22.4 Å². The molecule has 0 spiro atoms. The molecule has 1 N–H and O–H groups in total. The number of benzene rings is 3. The van der Waals surface area contributed by atoms with Crippen LogP contribution in [0.15, 0.2) is 77.7 Å². The third-order valence-electron chi connectivity index (χ3n) is 8.60. The lowest BCUT2D eigenvalue weighted by Gasteiger charge is -2.41. The number of amides is 2. The number of para-hydroxylation sites is 1. The summed E-state index contributed by atoms with van der Waals surface area (Å²) in [7, 11) is -2.12. The Bertz CT molecular complexity index is 1590. The number of likely N-dealkylation sites (N-methyl/N-ethyl adjacent to an activating group) is 1. The van der Waals surface area contributed by atoms with E-state index in [1.807, 2.05) is 49.4 Å². The average Bonchev–Trinajstić information content (AvgIpc) is 3.48. The second kappa shape index (κ2) is 10.2. The molecule has 41 heavy (non-hydrogen) atoms. The second-order valence-corrected chi connectivity index (χ2v) is 12.6. The fourth-order valence-corrected chi connectivity index (χ4v) is 7.24. The van der Waals surface area contributed by atoms with Crippen molar-refractivity contribution in [3.8, 4) is 5.75 Å². The number of nitrogens with zero attached hydrogens (tertiary/aromatic N) is 2. The van der Waals surface area contributed by atoms with Crippen LogP contribution in [0.1, 0.15) is 36.5 Å². The summed E-state index contributed by atoms with van der Waals surface area (Å²) in [5.41, 5.74) is 3.40. The average molecular weight is 576 g/mol. The van der Waals surface area contributed by atoms with Gasteiger partial charge in [-0.3, -0.25) is 13.8 Å². The summed E-state index contributed by atoms with van der Waals surface area (Å²) >= 11 is 0. The van der Waals surface area contributed by atoms with Crippen molar-refractivity contribution in [3.63, 3.8) is 0 Å². The van der Waals surface area contributed by atoms with Gasteiger partial charge in [-0.1, -0.05) is 48.0 Å². The molecule has 0 saturated carbocycles. The van der Waals surface area contributed by atoms with Gasteiger partial charge in [0.15, 0.2) is 0 Å². The maximum Gasteiger partial charge on any atom is 0.296 e. The van der Waals surface area contributed by atoms with Crippen LogP contribution in [0.2, 0.25) is 0 Å². The third kappa shape index (κ3) is 4.46. The first kappa shape index (κ1) is 27.3. The molecule has 0 unspecified atom stereocenters. The minimum atomic E-state index is -3.81. The van der Waals surface area contributed by atoms with E-state index in [9.17, 15) is 18.0 Å². The van der Waals surface area contributed by atoms with Crippen molar-refractivity contribution in [1.29, 1.82) is 0 Å². The summed E-state index contributed by atoms with van der Waals surface area (Å²) < 4.78 is 35.8. The predicted molar refractivity (Wildman–Crippen MR) is 153 cm³/mol. The van der Waals surface area contributed by atoms with Crippen LogP contribution in [0, 0.1) is 6.92 Å². The minimum absolute atomic E-state index is 0.00763. The number of carbonyl (C=O) groups is 2. The van der Waals surface area contributed by atoms with E-state index >= 15 is 0 Å². The van der Waals surface area contributed by atoms with Crippen LogP contribution in [-0.2, 0) is 29.3 Å². The van der Waals surface area contributed by atoms with Crippen LogP contribution < -0.4 is 10.1 Å². The van der Waals surface area contributed by atoms with E-state index in [1.54, 1.807) is 35.9 Å². The van der Waals surface area contributed by atoms with Gasteiger partial charge in [0.25, 0.3) is 10.1 Å². The maximum atomic E-state index is 13.4. The molecule has 3 aromatic carbocycles. The third-order valence-corrected chi connectivity index (χ3v) is 9.92. The largest absolute Gasteiger partial charge is 0.494 e. The van der Waals surface area contributed by atoms with E-state index in [2.05, 4.69) is 11.4 Å². The molecule has 2 amide bonds. The highest BCUT2D eigenvalue weighted by molar-refractivity contribution is 7.86. The van der Waals surface area contributed by atoms with E-state index in [-0.39, 0.29) is 36.1 Å². The number of ether oxygens (including phenoxy) is 1. The van der Waals surface area contributed by atoms with Gasteiger partial charge >= 0.3 is 0 Å². The Morgan fingerprint density at radius 3 is 2.39 bits per heavy atom. The zero-order valence-corrected chi connectivity index (χ0v) is 24.1. The fourth-order valence-electron chi connectivity index (χ4n) is 6.29. The summed E-state index contributed by atoms with van der Waals surface area (Å²) in [6.07, 6.45) is 0.496. The van der Waals surface area contributed by atoms with Gasteiger partial charge in [0.1, 0.15) is 24.0 Å². The Morgan fingerprint density at radius 1 is 0.951 bits per heavy atom. The first-order valence-corrected chi connectivity index (χ1v) is 15.2. The minimum Gasteiger partial charge on any atom is -0.494 e. The van der Waals surface area contributed by atoms with Crippen molar-refractivity contribution in [2.75, 3.05) is 25.6 Å². The highest BCUT2D eigenvalue weighted by atomic mass is 32.2. The number of anilines is 1. The Balaban J connectivity index is 1.16. The van der Waals surface area contributed by atoms with Crippen molar-refractivity contribution in [3.05, 3.63) is 89.5 Å². The molecule has 4 atom stereocenters. The van der Waals surface area contributed by atoms with E-state index < -0.39 is 27.6 Å². The number of fused-ring (bicyclic) bond motifs is 5. The predicted octanol–water partition coefficient (Wildman–Crippen LogP) is 3.67. The lowest BCUT2D eigenvalue weighted by atomic mass is 9.72. The Hall–Kier alpha value is -3.89. The zero-order chi connectivity index (χ0) is 28.9. The van der Waals surface area contributed by atoms with Crippen molar-refractivity contribution in [2.24, 2.45) is 0 Å². The van der Waals surface area contributed by atoms with Gasteiger partial charge in [-0.15, -0.1) is 0 Å². The zero-order valence-electron chi connectivity index (χ0n) is 23.2. The topological polar surface area (TPSA) is 105 Å². The lowest BCUT2D eigenvalue weighted by Crippen LogP contribution is -2.63. The van der Waals surface area contributed by atoms with Crippen LogP contribution in [0.4, 0.5) is 5.69 Å². The van der Waals surface area contributed by atoms with E-state index in [4.69, 9.17) is 8.92 Å². The van der Waals surface area contributed by atoms with Crippen LogP contribution in [-0.4, -0.2) is 68.5 Å². The monoisotopic (exact) mass is 575 g/mol. The fraction of sp³-hybridized carbons (Fsp3) is 0.355. The standard InChI is InChI=1S/C31H33N3O6S/c1-20-9-15-24(16-10-20)41(37,38)40-18-6-17-39-23-13-11-22(12-14-23)31-19-27-29(36)33(3)21(2)28(35)34(27)30(31)32-26-8-5-4-7-25(26)31/h4-5,7-16,21,27,30,32H,6,17-19H2,1-3H3/t21-,27-,30+,31-/m0/s1. The quantitative estimate of drug-likeness (QED) is 0.323. The highest BCUT2D eigenvalue weighted by Gasteiger charge is 2.64. The van der Waals surface area contributed by atoms with Crippen LogP contribution in [0.25, 0.3) is 0 Å². The molecule has 2 fully saturated rings. The number of aryl methyl sites for hydroxylation is 1. The molecule has 214 valence electrons. The van der Waals surface area contributed by atoms with Gasteiger partial charge < -0.3 is 19.9 Å². The van der Waals surface area contributed by atoms with Crippen LogP contribution in [0.5, 0.6) is 5.75 Å². The second-order valence-electron chi connectivity index (χ2n) is 11.0. The van der Waals surface area contributed by atoms with Gasteiger partial charge in [-0.05, 0) is 61.7 Å². The van der Waals surface area contributed by atoms with Crippen molar-refractivity contribution < 1.29 is 26.9 Å². The molecule has 9 nitrogen and oxygen atoms in total. The molecule has 3 aromatic rings. The Labute approximate surface area is 240 Å². The SMILES string of the molecule is Cc1ccc(S(=O)(=O)OCCCOc2ccc([C@]34C[C@H]5C(=O)N(C)[C@@H](C)C(=O)N5[C@H]3Nc3ccccc34)cc2)cc1.